The lowest BCUT2D eigenvalue weighted by molar-refractivity contribution is 0.0930. The van der Waals surface area contributed by atoms with Gasteiger partial charge >= 0.3 is 0 Å². The number of ether oxygens (including phenoxy) is 2. The summed E-state index contributed by atoms with van der Waals surface area (Å²) in [5.74, 6) is 1.26. The van der Waals surface area contributed by atoms with Crippen molar-refractivity contribution in [2.24, 2.45) is 5.73 Å². The summed E-state index contributed by atoms with van der Waals surface area (Å²) < 4.78 is 11.2. The van der Waals surface area contributed by atoms with E-state index in [1.807, 2.05) is 50.2 Å². The van der Waals surface area contributed by atoms with Crippen molar-refractivity contribution < 1.29 is 14.3 Å². The Morgan fingerprint density at radius 1 is 1.23 bits per heavy atom. The SMILES string of the molecule is COc1cc(C2(NC(=O)c3cc(OC[C@H](C)N)ccc3C)CC2)c2cccnc2c1. The highest BCUT2D eigenvalue weighted by molar-refractivity contribution is 5.97. The van der Waals surface area contributed by atoms with Gasteiger partial charge in [0.05, 0.1) is 18.2 Å². The third-order valence-electron chi connectivity index (χ3n) is 5.51. The molecule has 1 atom stereocenters. The van der Waals surface area contributed by atoms with Gasteiger partial charge in [-0.3, -0.25) is 9.78 Å². The molecule has 6 heteroatoms. The second-order valence-corrected chi connectivity index (χ2v) is 8.05. The third kappa shape index (κ3) is 3.96. The highest BCUT2D eigenvalue weighted by atomic mass is 16.5. The molecular formula is C24H27N3O3. The number of nitrogens with one attached hydrogen (secondary N) is 1. The summed E-state index contributed by atoms with van der Waals surface area (Å²) >= 11 is 0. The van der Waals surface area contributed by atoms with Gasteiger partial charge in [0.15, 0.2) is 0 Å². The van der Waals surface area contributed by atoms with Crippen LogP contribution < -0.4 is 20.5 Å². The van der Waals surface area contributed by atoms with Crippen LogP contribution in [0.25, 0.3) is 10.9 Å². The van der Waals surface area contributed by atoms with Crippen LogP contribution in [0.15, 0.2) is 48.7 Å². The molecule has 0 radical (unpaired) electrons. The van der Waals surface area contributed by atoms with Crippen molar-refractivity contribution in [3.05, 3.63) is 65.4 Å². The first-order chi connectivity index (χ1) is 14.4. The molecule has 1 saturated carbocycles. The van der Waals surface area contributed by atoms with E-state index in [1.165, 1.54) is 0 Å². The van der Waals surface area contributed by atoms with E-state index in [0.717, 1.165) is 40.6 Å². The molecule has 0 saturated heterocycles. The third-order valence-corrected chi connectivity index (χ3v) is 5.51. The molecule has 1 aromatic heterocycles. The Bertz CT molecular complexity index is 1090. The molecule has 1 heterocycles. The monoisotopic (exact) mass is 405 g/mol. The van der Waals surface area contributed by atoms with Gasteiger partial charge in [-0.25, -0.2) is 0 Å². The Hall–Kier alpha value is -3.12. The summed E-state index contributed by atoms with van der Waals surface area (Å²) in [5.41, 5.74) is 8.76. The quantitative estimate of drug-likeness (QED) is 0.626. The largest absolute Gasteiger partial charge is 0.497 e. The Morgan fingerprint density at radius 3 is 2.73 bits per heavy atom. The van der Waals surface area contributed by atoms with Crippen molar-refractivity contribution in [2.75, 3.05) is 13.7 Å². The van der Waals surface area contributed by atoms with Crippen molar-refractivity contribution in [3.63, 3.8) is 0 Å². The molecule has 1 amide bonds. The number of benzene rings is 2. The van der Waals surface area contributed by atoms with E-state index in [4.69, 9.17) is 15.2 Å². The number of carbonyl (C=O) groups excluding carboxylic acids is 1. The first-order valence-electron chi connectivity index (χ1n) is 10.2. The zero-order valence-corrected chi connectivity index (χ0v) is 17.6. The number of carbonyl (C=O) groups is 1. The molecule has 1 aliphatic carbocycles. The van der Waals surface area contributed by atoms with Gasteiger partial charge in [-0.1, -0.05) is 12.1 Å². The molecule has 0 unspecified atom stereocenters. The van der Waals surface area contributed by atoms with Gasteiger partial charge in [0.1, 0.15) is 18.1 Å². The van der Waals surface area contributed by atoms with Gasteiger partial charge in [-0.05, 0) is 62.1 Å². The second kappa shape index (κ2) is 7.95. The van der Waals surface area contributed by atoms with E-state index in [-0.39, 0.29) is 11.9 Å². The normalized spacial score (nSPS) is 15.5. The minimum Gasteiger partial charge on any atom is -0.497 e. The molecule has 1 fully saturated rings. The van der Waals surface area contributed by atoms with E-state index in [2.05, 4.69) is 10.3 Å². The number of hydrogen-bond acceptors (Lipinski definition) is 5. The van der Waals surface area contributed by atoms with E-state index < -0.39 is 5.54 Å². The number of aromatic nitrogens is 1. The van der Waals surface area contributed by atoms with E-state index in [0.29, 0.717) is 17.9 Å². The number of methoxy groups -OCH3 is 1. The predicted octanol–water partition coefficient (Wildman–Crippen LogP) is 3.70. The van der Waals surface area contributed by atoms with Crippen molar-refractivity contribution in [1.82, 2.24) is 10.3 Å². The number of nitrogens with two attached hydrogens (primary N) is 1. The Labute approximate surface area is 176 Å². The minimum absolute atomic E-state index is 0.0757. The van der Waals surface area contributed by atoms with Crippen molar-refractivity contribution in [2.45, 2.75) is 38.3 Å². The van der Waals surface area contributed by atoms with Crippen molar-refractivity contribution >= 4 is 16.8 Å². The Kier molecular flexibility index (Phi) is 5.35. The average Bonchev–Trinajstić information content (AvgIpc) is 3.52. The minimum atomic E-state index is -0.415. The van der Waals surface area contributed by atoms with E-state index in [1.54, 1.807) is 19.4 Å². The highest BCUT2D eigenvalue weighted by Crippen LogP contribution is 2.49. The number of pyridine rings is 1. The van der Waals surface area contributed by atoms with Crippen LogP contribution in [-0.4, -0.2) is 30.6 Å². The van der Waals surface area contributed by atoms with Gasteiger partial charge < -0.3 is 20.5 Å². The summed E-state index contributed by atoms with van der Waals surface area (Å²) in [6.45, 7) is 4.21. The van der Waals surface area contributed by atoms with Gasteiger partial charge in [0.25, 0.3) is 5.91 Å². The lowest BCUT2D eigenvalue weighted by atomic mass is 9.97. The average molecular weight is 405 g/mol. The van der Waals surface area contributed by atoms with Gasteiger partial charge in [0, 0.05) is 29.3 Å². The highest BCUT2D eigenvalue weighted by Gasteiger charge is 2.47. The molecule has 0 aliphatic heterocycles. The summed E-state index contributed by atoms with van der Waals surface area (Å²) in [5, 5.41) is 4.30. The van der Waals surface area contributed by atoms with Gasteiger partial charge in [0.2, 0.25) is 0 Å². The number of fused-ring (bicyclic) bond motifs is 1. The zero-order valence-electron chi connectivity index (χ0n) is 17.6. The topological polar surface area (TPSA) is 86.5 Å². The molecule has 1 aliphatic rings. The molecule has 30 heavy (non-hydrogen) atoms. The standard InChI is InChI=1S/C24H27N3O3/c1-15-6-7-17(30-14-16(2)25)11-20(15)23(28)27-24(8-9-24)21-12-18(29-3)13-22-19(21)5-4-10-26-22/h4-7,10-13,16H,8-9,14,25H2,1-3H3,(H,27,28)/t16-/m0/s1. The predicted molar refractivity (Wildman–Crippen MR) is 117 cm³/mol. The fraction of sp³-hybridized carbons (Fsp3) is 0.333. The summed E-state index contributed by atoms with van der Waals surface area (Å²) in [7, 11) is 1.64. The molecule has 3 N–H and O–H groups in total. The van der Waals surface area contributed by atoms with Gasteiger partial charge in [-0.2, -0.15) is 0 Å². The van der Waals surface area contributed by atoms with Crippen LogP contribution in [0.1, 0.15) is 41.3 Å². The van der Waals surface area contributed by atoms with Crippen LogP contribution in [0, 0.1) is 6.92 Å². The maximum absolute atomic E-state index is 13.2. The number of aryl methyl sites for hydroxylation is 1. The smallest absolute Gasteiger partial charge is 0.252 e. The first kappa shape index (κ1) is 20.2. The number of rotatable bonds is 7. The molecule has 0 spiro atoms. The summed E-state index contributed by atoms with van der Waals surface area (Å²) in [4.78, 5) is 17.7. The van der Waals surface area contributed by atoms with Crippen LogP contribution in [0.3, 0.4) is 0 Å². The number of nitrogens with zero attached hydrogens (tertiary/aromatic N) is 1. The fourth-order valence-corrected chi connectivity index (χ4v) is 3.71. The summed E-state index contributed by atoms with van der Waals surface area (Å²) in [6, 6.07) is 13.4. The zero-order chi connectivity index (χ0) is 21.3. The lowest BCUT2D eigenvalue weighted by Crippen LogP contribution is -2.35. The van der Waals surface area contributed by atoms with E-state index >= 15 is 0 Å². The molecule has 0 bridgehead atoms. The lowest BCUT2D eigenvalue weighted by Gasteiger charge is -2.21. The Balaban J connectivity index is 1.65. The van der Waals surface area contributed by atoms with Crippen LogP contribution in [0.4, 0.5) is 0 Å². The maximum Gasteiger partial charge on any atom is 0.252 e. The van der Waals surface area contributed by atoms with Crippen molar-refractivity contribution in [3.8, 4) is 11.5 Å². The molecule has 6 nitrogen and oxygen atoms in total. The molecule has 156 valence electrons. The first-order valence-corrected chi connectivity index (χ1v) is 10.2. The van der Waals surface area contributed by atoms with E-state index in [9.17, 15) is 4.79 Å². The van der Waals surface area contributed by atoms with Gasteiger partial charge in [-0.15, -0.1) is 0 Å². The molecular weight excluding hydrogens is 378 g/mol. The molecule has 3 aromatic rings. The van der Waals surface area contributed by atoms with Crippen molar-refractivity contribution in [1.29, 1.82) is 0 Å². The molecule has 2 aromatic carbocycles. The second-order valence-electron chi connectivity index (χ2n) is 8.05. The van der Waals surface area contributed by atoms with Crippen LogP contribution >= 0.6 is 0 Å². The maximum atomic E-state index is 13.2. The van der Waals surface area contributed by atoms with Crippen LogP contribution in [0.5, 0.6) is 11.5 Å². The Morgan fingerprint density at radius 2 is 2.03 bits per heavy atom. The summed E-state index contributed by atoms with van der Waals surface area (Å²) in [6.07, 6.45) is 3.51. The number of hydrogen-bond donors (Lipinski definition) is 2. The van der Waals surface area contributed by atoms with Crippen LogP contribution in [0.2, 0.25) is 0 Å². The number of amides is 1. The fourth-order valence-electron chi connectivity index (χ4n) is 3.71. The molecule has 4 rings (SSSR count). The van der Waals surface area contributed by atoms with Crippen LogP contribution in [-0.2, 0) is 5.54 Å².